The second kappa shape index (κ2) is 5.81. The second-order valence-corrected chi connectivity index (χ2v) is 5.19. The SMILES string of the molecule is COCC(C)(NC(=O)C1CCC(F)(F)CC1)C(=O)O. The van der Waals surface area contributed by atoms with Gasteiger partial charge in [0.05, 0.1) is 6.61 Å². The minimum Gasteiger partial charge on any atom is -0.479 e. The van der Waals surface area contributed by atoms with Gasteiger partial charge < -0.3 is 15.2 Å². The van der Waals surface area contributed by atoms with Crippen LogP contribution in [0.3, 0.4) is 0 Å². The van der Waals surface area contributed by atoms with Gasteiger partial charge in [-0.2, -0.15) is 0 Å². The quantitative estimate of drug-likeness (QED) is 0.798. The average Bonchev–Trinajstić information content (AvgIpc) is 2.28. The largest absolute Gasteiger partial charge is 0.479 e. The molecule has 1 rings (SSSR count). The van der Waals surface area contributed by atoms with E-state index in [0.29, 0.717) is 0 Å². The molecule has 1 saturated carbocycles. The van der Waals surface area contributed by atoms with E-state index in [4.69, 9.17) is 9.84 Å². The van der Waals surface area contributed by atoms with Crippen molar-refractivity contribution in [2.45, 2.75) is 44.1 Å². The Bertz CT molecular complexity index is 352. The molecule has 1 unspecified atom stereocenters. The number of carbonyl (C=O) groups excluding carboxylic acids is 1. The molecule has 0 aliphatic heterocycles. The molecule has 0 radical (unpaired) electrons. The molecule has 0 saturated heterocycles. The maximum absolute atomic E-state index is 13.0. The van der Waals surface area contributed by atoms with Crippen LogP contribution in [0.15, 0.2) is 0 Å². The Balaban J connectivity index is 2.61. The highest BCUT2D eigenvalue weighted by molar-refractivity contribution is 5.87. The van der Waals surface area contributed by atoms with Crippen molar-refractivity contribution in [1.29, 1.82) is 0 Å². The third-order valence-corrected chi connectivity index (χ3v) is 3.39. The Morgan fingerprint density at radius 2 is 1.95 bits per heavy atom. The molecule has 0 bridgehead atoms. The normalized spacial score (nSPS) is 22.5. The average molecular weight is 279 g/mol. The Hall–Kier alpha value is -1.24. The molecule has 2 N–H and O–H groups in total. The fourth-order valence-electron chi connectivity index (χ4n) is 2.12. The van der Waals surface area contributed by atoms with E-state index in [0.717, 1.165) is 0 Å². The minimum absolute atomic E-state index is 0.0709. The van der Waals surface area contributed by atoms with Gasteiger partial charge in [-0.05, 0) is 19.8 Å². The fraction of sp³-hybridized carbons (Fsp3) is 0.833. The van der Waals surface area contributed by atoms with E-state index in [1.807, 2.05) is 0 Å². The van der Waals surface area contributed by atoms with E-state index in [1.54, 1.807) is 0 Å². The molecule has 7 heteroatoms. The highest BCUT2D eigenvalue weighted by atomic mass is 19.3. The highest BCUT2D eigenvalue weighted by Crippen LogP contribution is 2.36. The lowest BCUT2D eigenvalue weighted by Crippen LogP contribution is -2.57. The molecule has 1 atom stereocenters. The zero-order valence-electron chi connectivity index (χ0n) is 11.0. The van der Waals surface area contributed by atoms with Crippen LogP contribution in [0.4, 0.5) is 8.78 Å². The number of amides is 1. The van der Waals surface area contributed by atoms with Crippen LogP contribution in [0.2, 0.25) is 0 Å². The van der Waals surface area contributed by atoms with Crippen LogP contribution in [-0.4, -0.2) is 42.2 Å². The number of carboxylic acids is 1. The lowest BCUT2D eigenvalue weighted by molar-refractivity contribution is -0.150. The number of hydrogen-bond acceptors (Lipinski definition) is 3. The number of carboxylic acid groups (broad SMARTS) is 1. The van der Waals surface area contributed by atoms with E-state index in [2.05, 4.69) is 5.32 Å². The maximum atomic E-state index is 13.0. The van der Waals surface area contributed by atoms with Crippen molar-refractivity contribution in [2.24, 2.45) is 5.92 Å². The van der Waals surface area contributed by atoms with Crippen LogP contribution in [0, 0.1) is 5.92 Å². The Morgan fingerprint density at radius 3 is 2.37 bits per heavy atom. The van der Waals surface area contributed by atoms with E-state index in [-0.39, 0.29) is 32.3 Å². The molecule has 1 amide bonds. The van der Waals surface area contributed by atoms with Gasteiger partial charge in [0, 0.05) is 25.9 Å². The van der Waals surface area contributed by atoms with E-state index in [9.17, 15) is 18.4 Å². The summed E-state index contributed by atoms with van der Waals surface area (Å²) in [5, 5.41) is 11.5. The number of ether oxygens (including phenoxy) is 1. The van der Waals surface area contributed by atoms with Crippen LogP contribution in [0.5, 0.6) is 0 Å². The number of halogens is 2. The molecule has 1 aliphatic carbocycles. The van der Waals surface area contributed by atoms with E-state index < -0.39 is 29.3 Å². The van der Waals surface area contributed by atoms with Gasteiger partial charge in [0.1, 0.15) is 0 Å². The first-order chi connectivity index (χ1) is 8.70. The van der Waals surface area contributed by atoms with Crippen molar-refractivity contribution >= 4 is 11.9 Å². The Labute approximate surface area is 110 Å². The number of alkyl halides is 2. The van der Waals surface area contributed by atoms with Crippen molar-refractivity contribution in [2.75, 3.05) is 13.7 Å². The zero-order valence-corrected chi connectivity index (χ0v) is 11.0. The zero-order chi connectivity index (χ0) is 14.7. The number of hydrogen-bond donors (Lipinski definition) is 2. The van der Waals surface area contributed by atoms with Crippen molar-refractivity contribution in [3.8, 4) is 0 Å². The number of nitrogens with one attached hydrogen (secondary N) is 1. The van der Waals surface area contributed by atoms with Gasteiger partial charge >= 0.3 is 5.97 Å². The van der Waals surface area contributed by atoms with Gasteiger partial charge in [-0.25, -0.2) is 13.6 Å². The van der Waals surface area contributed by atoms with Gasteiger partial charge in [0.2, 0.25) is 11.8 Å². The first-order valence-electron chi connectivity index (χ1n) is 6.12. The molecule has 0 aromatic carbocycles. The van der Waals surface area contributed by atoms with Crippen LogP contribution < -0.4 is 5.32 Å². The topological polar surface area (TPSA) is 75.6 Å². The molecule has 1 fully saturated rings. The Morgan fingerprint density at radius 1 is 1.42 bits per heavy atom. The third-order valence-electron chi connectivity index (χ3n) is 3.39. The predicted octanol–water partition coefficient (Wildman–Crippen LogP) is 1.42. The Kier molecular flexibility index (Phi) is 4.84. The summed E-state index contributed by atoms with van der Waals surface area (Å²) in [5.41, 5.74) is -1.54. The first kappa shape index (κ1) is 15.8. The van der Waals surface area contributed by atoms with Crippen molar-refractivity contribution < 1.29 is 28.2 Å². The summed E-state index contributed by atoms with van der Waals surface area (Å²) in [4.78, 5) is 23.0. The molecule has 1 aliphatic rings. The minimum atomic E-state index is -2.71. The number of methoxy groups -OCH3 is 1. The smallest absolute Gasteiger partial charge is 0.331 e. The van der Waals surface area contributed by atoms with Crippen LogP contribution in [0.1, 0.15) is 32.6 Å². The summed E-state index contributed by atoms with van der Waals surface area (Å²) in [6, 6.07) is 0. The molecule has 0 heterocycles. The molecule has 0 aromatic rings. The molecule has 110 valence electrons. The summed E-state index contributed by atoms with van der Waals surface area (Å²) in [5.74, 6) is -4.99. The van der Waals surface area contributed by atoms with Crippen molar-refractivity contribution in [3.63, 3.8) is 0 Å². The molecule has 5 nitrogen and oxygen atoms in total. The molecule has 0 aromatic heterocycles. The van der Waals surface area contributed by atoms with Gasteiger partial charge in [0.15, 0.2) is 5.54 Å². The lowest BCUT2D eigenvalue weighted by Gasteiger charge is -2.31. The maximum Gasteiger partial charge on any atom is 0.331 e. The predicted molar refractivity (Wildman–Crippen MR) is 63.0 cm³/mol. The highest BCUT2D eigenvalue weighted by Gasteiger charge is 2.41. The number of carbonyl (C=O) groups is 2. The van der Waals surface area contributed by atoms with Gasteiger partial charge in [-0.15, -0.1) is 0 Å². The fourth-order valence-corrected chi connectivity index (χ4v) is 2.12. The molecule has 19 heavy (non-hydrogen) atoms. The van der Waals surface area contributed by atoms with Gasteiger partial charge in [-0.3, -0.25) is 4.79 Å². The second-order valence-electron chi connectivity index (χ2n) is 5.19. The van der Waals surface area contributed by atoms with Gasteiger partial charge in [0.25, 0.3) is 0 Å². The molecular weight excluding hydrogens is 260 g/mol. The first-order valence-corrected chi connectivity index (χ1v) is 6.12. The summed E-state index contributed by atoms with van der Waals surface area (Å²) in [7, 11) is 1.33. The molecule has 0 spiro atoms. The van der Waals surface area contributed by atoms with Crippen molar-refractivity contribution in [1.82, 2.24) is 5.32 Å². The summed E-state index contributed by atoms with van der Waals surface area (Å²) in [6.07, 6.45) is -0.526. The van der Waals surface area contributed by atoms with Crippen LogP contribution in [-0.2, 0) is 14.3 Å². The summed E-state index contributed by atoms with van der Waals surface area (Å²) >= 11 is 0. The monoisotopic (exact) mass is 279 g/mol. The van der Waals surface area contributed by atoms with Crippen molar-refractivity contribution in [3.05, 3.63) is 0 Å². The van der Waals surface area contributed by atoms with E-state index in [1.165, 1.54) is 14.0 Å². The summed E-state index contributed by atoms with van der Waals surface area (Å²) < 4.78 is 30.7. The van der Waals surface area contributed by atoms with Crippen LogP contribution >= 0.6 is 0 Å². The van der Waals surface area contributed by atoms with Gasteiger partial charge in [-0.1, -0.05) is 0 Å². The molecular formula is C12H19F2NO4. The van der Waals surface area contributed by atoms with Crippen LogP contribution in [0.25, 0.3) is 0 Å². The lowest BCUT2D eigenvalue weighted by atomic mass is 9.85. The number of aliphatic carboxylic acids is 1. The summed E-state index contributed by atoms with van der Waals surface area (Å²) in [6.45, 7) is 1.14. The number of rotatable bonds is 5. The standard InChI is InChI=1S/C12H19F2NO4/c1-11(7-19-2,10(17)18)15-9(16)8-3-5-12(13,14)6-4-8/h8H,3-7H2,1-2H3,(H,15,16)(H,17,18). The third kappa shape index (κ3) is 4.12. The van der Waals surface area contributed by atoms with E-state index >= 15 is 0 Å².